The Labute approximate surface area is 195 Å². The van der Waals surface area contributed by atoms with Crippen molar-refractivity contribution in [3.8, 4) is 17.2 Å². The summed E-state index contributed by atoms with van der Waals surface area (Å²) in [6.45, 7) is 3.29. The van der Waals surface area contributed by atoms with Crippen molar-refractivity contribution in [1.29, 1.82) is 0 Å². The maximum Gasteiger partial charge on any atom is 0.120 e. The van der Waals surface area contributed by atoms with Crippen LogP contribution in [0, 0.1) is 0 Å². The molecule has 3 aromatic rings. The minimum absolute atomic E-state index is 0.00162. The lowest BCUT2D eigenvalue weighted by Gasteiger charge is -2.18. The first-order valence-electron chi connectivity index (χ1n) is 11.4. The number of benzene rings is 3. The largest absolute Gasteiger partial charge is 0.508 e. The summed E-state index contributed by atoms with van der Waals surface area (Å²) in [5.41, 5.74) is 5.29. The predicted molar refractivity (Wildman–Crippen MR) is 131 cm³/mol. The predicted octanol–water partition coefficient (Wildman–Crippen LogP) is 5.63. The van der Waals surface area contributed by atoms with Gasteiger partial charge in [0.05, 0.1) is 19.8 Å². The van der Waals surface area contributed by atoms with Gasteiger partial charge in [0.15, 0.2) is 0 Å². The van der Waals surface area contributed by atoms with Crippen LogP contribution >= 0.6 is 0 Å². The molecule has 0 fully saturated rings. The van der Waals surface area contributed by atoms with Crippen molar-refractivity contribution in [2.24, 2.45) is 0 Å². The average Bonchev–Trinajstić information content (AvgIpc) is 2.83. The van der Waals surface area contributed by atoms with Crippen molar-refractivity contribution in [2.45, 2.75) is 26.2 Å². The summed E-state index contributed by atoms with van der Waals surface area (Å²) in [4.78, 5) is 0. The van der Waals surface area contributed by atoms with Gasteiger partial charge in [-0.3, -0.25) is 0 Å². The van der Waals surface area contributed by atoms with E-state index in [0.717, 1.165) is 47.3 Å². The molecule has 0 aromatic heterocycles. The third kappa shape index (κ3) is 7.11. The number of aliphatic hydroxyl groups excluding tert-OH is 1. The van der Waals surface area contributed by atoms with Crippen LogP contribution in [0.15, 0.2) is 72.8 Å². The second kappa shape index (κ2) is 12.7. The number of aliphatic hydroxyl groups is 1. The molecule has 0 aliphatic rings. The van der Waals surface area contributed by atoms with E-state index in [9.17, 15) is 10.2 Å². The van der Waals surface area contributed by atoms with Crippen LogP contribution in [0.3, 0.4) is 0 Å². The Kier molecular flexibility index (Phi) is 9.36. The van der Waals surface area contributed by atoms with Crippen LogP contribution in [0.5, 0.6) is 17.2 Å². The molecule has 0 amide bonds. The zero-order valence-electron chi connectivity index (χ0n) is 19.0. The van der Waals surface area contributed by atoms with Gasteiger partial charge in [0.1, 0.15) is 23.9 Å². The molecule has 0 aliphatic heterocycles. The first-order valence-corrected chi connectivity index (χ1v) is 11.4. The van der Waals surface area contributed by atoms with Crippen LogP contribution in [0.25, 0.3) is 11.1 Å². The Morgan fingerprint density at radius 2 is 1.39 bits per heavy atom. The number of phenols is 2. The second-order valence-electron chi connectivity index (χ2n) is 7.76. The molecule has 0 heterocycles. The molecular weight excluding hydrogens is 416 g/mol. The summed E-state index contributed by atoms with van der Waals surface area (Å²) in [7, 11) is 0. The first kappa shape index (κ1) is 24.4. The highest BCUT2D eigenvalue weighted by Crippen LogP contribution is 2.37. The quantitative estimate of drug-likeness (QED) is 0.247. The first-order chi connectivity index (χ1) is 16.1. The van der Waals surface area contributed by atoms with Gasteiger partial charge in [0.25, 0.3) is 0 Å². The van der Waals surface area contributed by atoms with Crippen molar-refractivity contribution < 1.29 is 24.8 Å². The maximum absolute atomic E-state index is 9.83. The van der Waals surface area contributed by atoms with E-state index in [1.54, 1.807) is 24.3 Å². The second-order valence-corrected chi connectivity index (χ2v) is 7.76. The van der Waals surface area contributed by atoms with Crippen LogP contribution in [-0.4, -0.2) is 41.7 Å². The Morgan fingerprint density at radius 1 is 0.758 bits per heavy atom. The zero-order chi connectivity index (χ0) is 23.5. The van der Waals surface area contributed by atoms with Gasteiger partial charge in [-0.05, 0) is 77.1 Å². The highest BCUT2D eigenvalue weighted by atomic mass is 16.5. The summed E-state index contributed by atoms with van der Waals surface area (Å²) >= 11 is 0. The fourth-order valence-corrected chi connectivity index (χ4v) is 3.70. The molecule has 33 heavy (non-hydrogen) atoms. The fourth-order valence-electron chi connectivity index (χ4n) is 3.70. The van der Waals surface area contributed by atoms with Gasteiger partial charge >= 0.3 is 0 Å². The lowest BCUT2D eigenvalue weighted by Crippen LogP contribution is -2.09. The van der Waals surface area contributed by atoms with E-state index in [4.69, 9.17) is 14.6 Å². The van der Waals surface area contributed by atoms with E-state index in [2.05, 4.69) is 13.0 Å². The van der Waals surface area contributed by atoms with Crippen molar-refractivity contribution in [1.82, 2.24) is 0 Å². The minimum Gasteiger partial charge on any atom is -0.508 e. The molecule has 0 saturated heterocycles. The van der Waals surface area contributed by atoms with Gasteiger partial charge in [-0.25, -0.2) is 0 Å². The van der Waals surface area contributed by atoms with Gasteiger partial charge in [0.2, 0.25) is 0 Å². The lowest BCUT2D eigenvalue weighted by atomic mass is 9.87. The summed E-state index contributed by atoms with van der Waals surface area (Å²) in [6, 6.07) is 22.5. The Hall–Kier alpha value is -3.28. The molecule has 0 atom stereocenters. The topological polar surface area (TPSA) is 79.2 Å². The molecule has 3 rings (SSSR count). The van der Waals surface area contributed by atoms with E-state index in [-0.39, 0.29) is 18.1 Å². The fraction of sp³-hybridized carbons (Fsp3) is 0.286. The standard InChI is InChI=1S/C28H32O5/c1-2-3-7-27(23-5-4-6-26(20-23)33-19-18-32-17-16-29)28(21-8-12-24(30)13-9-21)22-10-14-25(31)15-11-22/h4-6,8-15,20,29-31H,2-3,7,16-19H2,1H3. The molecule has 5 heteroatoms. The van der Waals surface area contributed by atoms with Crippen LogP contribution in [0.4, 0.5) is 0 Å². The molecule has 0 spiro atoms. The Morgan fingerprint density at radius 3 is 1.97 bits per heavy atom. The normalized spacial score (nSPS) is 10.7. The zero-order valence-corrected chi connectivity index (χ0v) is 19.0. The van der Waals surface area contributed by atoms with Gasteiger partial charge < -0.3 is 24.8 Å². The third-order valence-electron chi connectivity index (χ3n) is 5.31. The SMILES string of the molecule is CCCCC(=C(c1ccc(O)cc1)c1ccc(O)cc1)c1cccc(OCCOCCO)c1. The maximum atomic E-state index is 9.83. The monoisotopic (exact) mass is 448 g/mol. The summed E-state index contributed by atoms with van der Waals surface area (Å²) in [5, 5.41) is 28.5. The van der Waals surface area contributed by atoms with E-state index >= 15 is 0 Å². The van der Waals surface area contributed by atoms with Crippen molar-refractivity contribution in [3.05, 3.63) is 89.5 Å². The van der Waals surface area contributed by atoms with E-state index in [1.807, 2.05) is 42.5 Å². The van der Waals surface area contributed by atoms with Crippen molar-refractivity contribution in [3.63, 3.8) is 0 Å². The van der Waals surface area contributed by atoms with Crippen molar-refractivity contribution in [2.75, 3.05) is 26.4 Å². The van der Waals surface area contributed by atoms with E-state index in [0.29, 0.717) is 19.8 Å². The summed E-state index contributed by atoms with van der Waals surface area (Å²) < 4.78 is 11.2. The van der Waals surface area contributed by atoms with Crippen LogP contribution in [-0.2, 0) is 4.74 Å². The molecule has 0 radical (unpaired) electrons. The summed E-state index contributed by atoms with van der Waals surface area (Å²) in [6.07, 6.45) is 2.95. The smallest absolute Gasteiger partial charge is 0.120 e. The molecule has 0 unspecified atom stereocenters. The van der Waals surface area contributed by atoms with Gasteiger partial charge in [-0.2, -0.15) is 0 Å². The van der Waals surface area contributed by atoms with Crippen LogP contribution in [0.1, 0.15) is 42.9 Å². The third-order valence-corrected chi connectivity index (χ3v) is 5.31. The van der Waals surface area contributed by atoms with E-state index in [1.165, 1.54) is 5.57 Å². The number of rotatable bonds is 12. The molecule has 3 aromatic carbocycles. The van der Waals surface area contributed by atoms with E-state index < -0.39 is 0 Å². The number of aromatic hydroxyl groups is 2. The van der Waals surface area contributed by atoms with Gasteiger partial charge in [-0.15, -0.1) is 0 Å². The Bertz CT molecular complexity index is 975. The number of phenolic OH excluding ortho intramolecular Hbond substituents is 2. The molecular formula is C28H32O5. The number of hydrogen-bond acceptors (Lipinski definition) is 5. The average molecular weight is 449 g/mol. The molecule has 0 saturated carbocycles. The number of unbranched alkanes of at least 4 members (excludes halogenated alkanes) is 1. The molecule has 0 bridgehead atoms. The molecule has 3 N–H and O–H groups in total. The Balaban J connectivity index is 2.05. The number of hydrogen-bond donors (Lipinski definition) is 3. The summed E-state index contributed by atoms with van der Waals surface area (Å²) in [5.74, 6) is 1.19. The van der Waals surface area contributed by atoms with Crippen LogP contribution in [0.2, 0.25) is 0 Å². The van der Waals surface area contributed by atoms with Crippen LogP contribution < -0.4 is 4.74 Å². The number of allylic oxidation sites excluding steroid dienone is 1. The minimum atomic E-state index is -0.00162. The highest BCUT2D eigenvalue weighted by molar-refractivity contribution is 5.98. The lowest BCUT2D eigenvalue weighted by molar-refractivity contribution is 0.0705. The molecule has 0 aliphatic carbocycles. The molecule has 5 nitrogen and oxygen atoms in total. The number of ether oxygens (including phenoxy) is 2. The van der Waals surface area contributed by atoms with Crippen molar-refractivity contribution >= 4 is 11.1 Å². The molecule has 174 valence electrons. The van der Waals surface area contributed by atoms with Gasteiger partial charge in [-0.1, -0.05) is 49.7 Å². The highest BCUT2D eigenvalue weighted by Gasteiger charge is 2.15. The van der Waals surface area contributed by atoms with Gasteiger partial charge in [0, 0.05) is 0 Å².